The zero-order valence-corrected chi connectivity index (χ0v) is 14.6. The Morgan fingerprint density at radius 3 is 2.35 bits per heavy atom. The quantitative estimate of drug-likeness (QED) is 0.323. The van der Waals surface area contributed by atoms with Crippen molar-refractivity contribution in [2.45, 2.75) is 32.6 Å². The molecular formula is C15H25FIN3. The van der Waals surface area contributed by atoms with E-state index in [0.717, 1.165) is 37.5 Å². The largest absolute Gasteiger partial charge is 0.356 e. The van der Waals surface area contributed by atoms with Gasteiger partial charge in [0.15, 0.2) is 5.96 Å². The van der Waals surface area contributed by atoms with Crippen molar-refractivity contribution in [1.29, 1.82) is 0 Å². The topological polar surface area (TPSA) is 36.4 Å². The lowest BCUT2D eigenvalue weighted by Gasteiger charge is -2.11. The molecule has 0 fully saturated rings. The van der Waals surface area contributed by atoms with Gasteiger partial charge in [0.25, 0.3) is 0 Å². The molecule has 1 aromatic rings. The van der Waals surface area contributed by atoms with Crippen molar-refractivity contribution in [2.75, 3.05) is 20.1 Å². The van der Waals surface area contributed by atoms with E-state index in [9.17, 15) is 4.39 Å². The average Bonchev–Trinajstić information content (AvgIpc) is 2.43. The summed E-state index contributed by atoms with van der Waals surface area (Å²) in [5.74, 6) is 0.642. The summed E-state index contributed by atoms with van der Waals surface area (Å²) in [5, 5.41) is 6.53. The first-order valence-electron chi connectivity index (χ1n) is 6.95. The predicted octanol–water partition coefficient (Wildman–Crippen LogP) is 3.34. The van der Waals surface area contributed by atoms with Gasteiger partial charge in [0.1, 0.15) is 5.82 Å². The van der Waals surface area contributed by atoms with E-state index in [1.165, 1.54) is 25.0 Å². The standard InChI is InChI=1S/C15H24FN3.HI/c1-3-4-5-11-18-15(17-2)19-12-10-13-6-8-14(16)9-7-13;/h6-9H,3-5,10-12H2,1-2H3,(H2,17,18,19);1H. The molecule has 0 saturated heterocycles. The normalized spacial score (nSPS) is 10.8. The molecule has 0 unspecified atom stereocenters. The number of nitrogens with zero attached hydrogens (tertiary/aromatic N) is 1. The maximum atomic E-state index is 12.7. The van der Waals surface area contributed by atoms with Gasteiger partial charge in [-0.05, 0) is 30.5 Å². The summed E-state index contributed by atoms with van der Waals surface area (Å²) in [4.78, 5) is 4.17. The highest BCUT2D eigenvalue weighted by molar-refractivity contribution is 14.0. The Hall–Kier alpha value is -0.850. The SMILES string of the molecule is CCCCCNC(=NC)NCCc1ccc(F)cc1.I. The lowest BCUT2D eigenvalue weighted by molar-refractivity contribution is 0.626. The van der Waals surface area contributed by atoms with Crippen LogP contribution in [0.2, 0.25) is 0 Å². The first kappa shape index (κ1) is 19.1. The molecular weight excluding hydrogens is 368 g/mol. The van der Waals surface area contributed by atoms with Gasteiger partial charge in [-0.3, -0.25) is 4.99 Å². The van der Waals surface area contributed by atoms with E-state index in [1.54, 1.807) is 7.05 Å². The molecule has 1 aromatic carbocycles. The molecule has 0 aromatic heterocycles. The molecule has 0 spiro atoms. The number of nitrogens with one attached hydrogen (secondary N) is 2. The number of unbranched alkanes of at least 4 members (excludes halogenated alkanes) is 2. The summed E-state index contributed by atoms with van der Waals surface area (Å²) >= 11 is 0. The number of hydrogen-bond acceptors (Lipinski definition) is 1. The van der Waals surface area contributed by atoms with Gasteiger partial charge in [-0.15, -0.1) is 24.0 Å². The van der Waals surface area contributed by atoms with E-state index in [0.29, 0.717) is 0 Å². The lowest BCUT2D eigenvalue weighted by Crippen LogP contribution is -2.38. The summed E-state index contributed by atoms with van der Waals surface area (Å²) in [6.07, 6.45) is 4.48. The lowest BCUT2D eigenvalue weighted by atomic mass is 10.1. The van der Waals surface area contributed by atoms with Crippen molar-refractivity contribution in [2.24, 2.45) is 4.99 Å². The molecule has 0 amide bonds. The fourth-order valence-corrected chi connectivity index (χ4v) is 1.78. The van der Waals surface area contributed by atoms with E-state index >= 15 is 0 Å². The maximum absolute atomic E-state index is 12.7. The van der Waals surface area contributed by atoms with Crippen LogP contribution < -0.4 is 10.6 Å². The van der Waals surface area contributed by atoms with Crippen molar-refractivity contribution in [3.05, 3.63) is 35.6 Å². The van der Waals surface area contributed by atoms with Gasteiger partial charge in [0.2, 0.25) is 0 Å². The van der Waals surface area contributed by atoms with E-state index in [2.05, 4.69) is 22.5 Å². The van der Waals surface area contributed by atoms with Gasteiger partial charge in [0, 0.05) is 20.1 Å². The third-order valence-corrected chi connectivity index (χ3v) is 2.92. The van der Waals surface area contributed by atoms with Crippen LogP contribution in [-0.4, -0.2) is 26.1 Å². The molecule has 20 heavy (non-hydrogen) atoms. The van der Waals surface area contributed by atoms with Gasteiger partial charge >= 0.3 is 0 Å². The van der Waals surface area contributed by atoms with Crippen LogP contribution in [0.4, 0.5) is 4.39 Å². The highest BCUT2D eigenvalue weighted by Gasteiger charge is 1.98. The molecule has 0 atom stereocenters. The van der Waals surface area contributed by atoms with Crippen LogP contribution in [0.15, 0.2) is 29.3 Å². The second-order valence-electron chi connectivity index (χ2n) is 4.51. The van der Waals surface area contributed by atoms with E-state index < -0.39 is 0 Å². The first-order valence-corrected chi connectivity index (χ1v) is 6.95. The third kappa shape index (κ3) is 8.35. The van der Waals surface area contributed by atoms with Crippen LogP contribution >= 0.6 is 24.0 Å². The Labute approximate surface area is 138 Å². The molecule has 2 N–H and O–H groups in total. The van der Waals surface area contributed by atoms with Crippen LogP contribution in [0.25, 0.3) is 0 Å². The van der Waals surface area contributed by atoms with Gasteiger partial charge < -0.3 is 10.6 Å². The summed E-state index contributed by atoms with van der Waals surface area (Å²) in [5.41, 5.74) is 1.12. The zero-order chi connectivity index (χ0) is 13.9. The fraction of sp³-hybridized carbons (Fsp3) is 0.533. The number of hydrogen-bond donors (Lipinski definition) is 2. The predicted molar refractivity (Wildman–Crippen MR) is 94.4 cm³/mol. The summed E-state index contributed by atoms with van der Waals surface area (Å²) in [7, 11) is 1.77. The van der Waals surface area contributed by atoms with Crippen LogP contribution in [-0.2, 0) is 6.42 Å². The van der Waals surface area contributed by atoms with Gasteiger partial charge in [-0.25, -0.2) is 4.39 Å². The summed E-state index contributed by atoms with van der Waals surface area (Å²) in [6, 6.07) is 6.61. The van der Waals surface area contributed by atoms with Crippen LogP contribution in [0.5, 0.6) is 0 Å². The molecule has 0 bridgehead atoms. The Morgan fingerprint density at radius 2 is 1.75 bits per heavy atom. The smallest absolute Gasteiger partial charge is 0.190 e. The molecule has 0 aliphatic carbocycles. The van der Waals surface area contributed by atoms with Gasteiger partial charge in [-0.1, -0.05) is 31.9 Å². The molecule has 0 heterocycles. The van der Waals surface area contributed by atoms with Crippen molar-refractivity contribution >= 4 is 29.9 Å². The molecule has 0 aliphatic heterocycles. The maximum Gasteiger partial charge on any atom is 0.190 e. The molecule has 0 aliphatic rings. The molecule has 0 saturated carbocycles. The van der Waals surface area contributed by atoms with Crippen molar-refractivity contribution in [3.8, 4) is 0 Å². The summed E-state index contributed by atoms with van der Waals surface area (Å²) < 4.78 is 12.7. The monoisotopic (exact) mass is 393 g/mol. The highest BCUT2D eigenvalue weighted by atomic mass is 127. The van der Waals surface area contributed by atoms with Gasteiger partial charge in [-0.2, -0.15) is 0 Å². The second-order valence-corrected chi connectivity index (χ2v) is 4.51. The number of benzene rings is 1. The van der Waals surface area contributed by atoms with E-state index in [4.69, 9.17) is 0 Å². The number of guanidine groups is 1. The van der Waals surface area contributed by atoms with E-state index in [-0.39, 0.29) is 29.8 Å². The molecule has 0 radical (unpaired) electrons. The fourth-order valence-electron chi connectivity index (χ4n) is 1.78. The van der Waals surface area contributed by atoms with Crippen LogP contribution in [0.3, 0.4) is 0 Å². The zero-order valence-electron chi connectivity index (χ0n) is 12.3. The molecule has 114 valence electrons. The van der Waals surface area contributed by atoms with Crippen molar-refractivity contribution in [3.63, 3.8) is 0 Å². The Morgan fingerprint density at radius 1 is 1.10 bits per heavy atom. The molecule has 3 nitrogen and oxygen atoms in total. The number of aliphatic imine (C=N–C) groups is 1. The van der Waals surface area contributed by atoms with Gasteiger partial charge in [0.05, 0.1) is 0 Å². The Kier molecular flexibility index (Phi) is 11.4. The number of rotatable bonds is 7. The second kappa shape index (κ2) is 11.9. The Balaban J connectivity index is 0.00000361. The van der Waals surface area contributed by atoms with Crippen LogP contribution in [0, 0.1) is 5.82 Å². The Bertz CT molecular complexity index is 379. The highest BCUT2D eigenvalue weighted by Crippen LogP contribution is 2.02. The summed E-state index contributed by atoms with van der Waals surface area (Å²) in [6.45, 7) is 3.93. The van der Waals surface area contributed by atoms with Crippen molar-refractivity contribution in [1.82, 2.24) is 10.6 Å². The van der Waals surface area contributed by atoms with E-state index in [1.807, 2.05) is 12.1 Å². The molecule has 1 rings (SSSR count). The minimum atomic E-state index is -0.190. The minimum Gasteiger partial charge on any atom is -0.356 e. The first-order chi connectivity index (χ1) is 9.26. The minimum absolute atomic E-state index is 0. The van der Waals surface area contributed by atoms with Crippen LogP contribution in [0.1, 0.15) is 31.7 Å². The number of halogens is 2. The third-order valence-electron chi connectivity index (χ3n) is 2.92. The van der Waals surface area contributed by atoms with Crippen molar-refractivity contribution < 1.29 is 4.39 Å². The average molecular weight is 393 g/mol. The molecule has 5 heteroatoms.